The lowest BCUT2D eigenvalue weighted by Crippen LogP contribution is -2.57. The molecule has 13 nitrogen and oxygen atoms in total. The zero-order valence-electron chi connectivity index (χ0n) is 20.7. The second-order valence-electron chi connectivity index (χ2n) is 9.07. The molecule has 0 bridgehead atoms. The van der Waals surface area contributed by atoms with Crippen molar-refractivity contribution in [3.05, 3.63) is 54.1 Å². The zero-order valence-corrected chi connectivity index (χ0v) is 20.7. The Labute approximate surface area is 218 Å². The highest BCUT2D eigenvalue weighted by molar-refractivity contribution is 5.94. The molecule has 0 radical (unpaired) electrons. The molecule has 4 atom stereocenters. The summed E-state index contributed by atoms with van der Waals surface area (Å²) in [7, 11) is 0. The Morgan fingerprint density at radius 1 is 0.947 bits per heavy atom. The quantitative estimate of drug-likeness (QED) is 0.166. The Bertz CT molecular complexity index is 1100. The van der Waals surface area contributed by atoms with Crippen molar-refractivity contribution in [1.29, 1.82) is 0 Å². The minimum atomic E-state index is -1.30. The Morgan fingerprint density at radius 3 is 2.26 bits per heavy atom. The molecule has 3 rings (SSSR count). The van der Waals surface area contributed by atoms with Crippen LogP contribution in [-0.4, -0.2) is 80.6 Å². The van der Waals surface area contributed by atoms with Gasteiger partial charge in [-0.2, -0.15) is 0 Å². The van der Waals surface area contributed by atoms with Crippen LogP contribution in [-0.2, 0) is 36.8 Å². The monoisotopic (exact) mass is 528 g/mol. The number of benzene rings is 1. The van der Waals surface area contributed by atoms with Gasteiger partial charge in [0, 0.05) is 31.2 Å². The van der Waals surface area contributed by atoms with Gasteiger partial charge in [0.2, 0.25) is 17.7 Å². The standard InChI is InChI=1S/C25H32N6O7/c32-21(33)9-8-18(29-22(34)17-7-4-10-27-17)23(35)30-19(11-15-5-2-1-3-6-15)24(36)31-20(25(37)38)12-16-13-26-14-28-16/h1-3,5-6,13-14,17-20,27H,4,7-12H2,(H,26,28)(H,29,34)(H,30,35)(H,31,36)(H,32,33)(H,37,38). The molecule has 1 aliphatic rings. The Hall–Kier alpha value is -4.26. The number of hydrogen-bond donors (Lipinski definition) is 7. The van der Waals surface area contributed by atoms with Crippen LogP contribution in [0.4, 0.5) is 0 Å². The molecule has 1 saturated heterocycles. The number of nitrogens with one attached hydrogen (secondary N) is 5. The first-order chi connectivity index (χ1) is 18.2. The largest absolute Gasteiger partial charge is 0.481 e. The van der Waals surface area contributed by atoms with Crippen molar-refractivity contribution in [3.8, 4) is 0 Å². The highest BCUT2D eigenvalue weighted by Crippen LogP contribution is 2.09. The number of carboxylic acids is 2. The lowest BCUT2D eigenvalue weighted by Gasteiger charge is -2.25. The van der Waals surface area contributed by atoms with Gasteiger partial charge >= 0.3 is 11.9 Å². The van der Waals surface area contributed by atoms with Crippen molar-refractivity contribution < 1.29 is 34.2 Å². The number of rotatable bonds is 14. The molecule has 2 aromatic rings. The van der Waals surface area contributed by atoms with Crippen LogP contribution < -0.4 is 21.3 Å². The van der Waals surface area contributed by atoms with E-state index in [0.29, 0.717) is 24.2 Å². The van der Waals surface area contributed by atoms with Gasteiger partial charge in [0.05, 0.1) is 12.4 Å². The Kier molecular flexibility index (Phi) is 10.3. The van der Waals surface area contributed by atoms with E-state index in [9.17, 15) is 29.1 Å². The van der Waals surface area contributed by atoms with Crippen LogP contribution in [0.2, 0.25) is 0 Å². The second kappa shape index (κ2) is 13.9. The van der Waals surface area contributed by atoms with Crippen LogP contribution in [0.5, 0.6) is 0 Å². The lowest BCUT2D eigenvalue weighted by molar-refractivity contribution is -0.142. The summed E-state index contributed by atoms with van der Waals surface area (Å²) in [5.41, 5.74) is 1.20. The molecule has 4 unspecified atom stereocenters. The van der Waals surface area contributed by atoms with E-state index < -0.39 is 53.8 Å². The van der Waals surface area contributed by atoms with Crippen molar-refractivity contribution in [1.82, 2.24) is 31.2 Å². The molecule has 3 amide bonds. The number of nitrogens with zero attached hydrogens (tertiary/aromatic N) is 1. The van der Waals surface area contributed by atoms with Crippen LogP contribution in [0.3, 0.4) is 0 Å². The molecule has 1 aliphatic heterocycles. The maximum Gasteiger partial charge on any atom is 0.326 e. The molecule has 13 heteroatoms. The van der Waals surface area contributed by atoms with Crippen molar-refractivity contribution in [2.24, 2.45) is 0 Å². The number of hydrogen-bond acceptors (Lipinski definition) is 7. The normalized spacial score (nSPS) is 17.1. The number of imidazole rings is 1. The van der Waals surface area contributed by atoms with Gasteiger partial charge in [-0.05, 0) is 31.4 Å². The van der Waals surface area contributed by atoms with E-state index in [1.54, 1.807) is 30.3 Å². The number of aromatic nitrogens is 2. The van der Waals surface area contributed by atoms with Gasteiger partial charge in [0.1, 0.15) is 18.1 Å². The van der Waals surface area contributed by atoms with Crippen molar-refractivity contribution in [2.45, 2.75) is 62.7 Å². The van der Waals surface area contributed by atoms with E-state index in [1.165, 1.54) is 12.5 Å². The van der Waals surface area contributed by atoms with E-state index in [4.69, 9.17) is 5.11 Å². The lowest BCUT2D eigenvalue weighted by atomic mass is 10.0. The SMILES string of the molecule is O=C(O)CCC(NC(=O)C1CCCN1)C(=O)NC(Cc1ccccc1)C(=O)NC(Cc1cnc[nH]1)C(=O)O. The smallest absolute Gasteiger partial charge is 0.326 e. The van der Waals surface area contributed by atoms with E-state index in [2.05, 4.69) is 31.2 Å². The molecule has 0 saturated carbocycles. The van der Waals surface area contributed by atoms with E-state index in [-0.39, 0.29) is 25.7 Å². The minimum absolute atomic E-state index is 0.0403. The number of aliphatic carboxylic acids is 2. The van der Waals surface area contributed by atoms with Gasteiger partial charge in [-0.1, -0.05) is 30.3 Å². The average molecular weight is 529 g/mol. The number of carbonyl (C=O) groups excluding carboxylic acids is 3. The van der Waals surface area contributed by atoms with Gasteiger partial charge in [-0.15, -0.1) is 0 Å². The summed E-state index contributed by atoms with van der Waals surface area (Å²) >= 11 is 0. The number of amides is 3. The fourth-order valence-corrected chi connectivity index (χ4v) is 4.14. The first-order valence-corrected chi connectivity index (χ1v) is 12.3. The van der Waals surface area contributed by atoms with Crippen molar-refractivity contribution in [2.75, 3.05) is 6.54 Å². The summed E-state index contributed by atoms with van der Waals surface area (Å²) in [5.74, 6) is -4.32. The van der Waals surface area contributed by atoms with Gasteiger partial charge in [0.15, 0.2) is 0 Å². The molecular formula is C25H32N6O7. The Morgan fingerprint density at radius 2 is 1.66 bits per heavy atom. The number of H-pyrrole nitrogens is 1. The first-order valence-electron chi connectivity index (χ1n) is 12.3. The summed E-state index contributed by atoms with van der Waals surface area (Å²) in [6.45, 7) is 0.659. The van der Waals surface area contributed by atoms with Crippen molar-refractivity contribution >= 4 is 29.7 Å². The fourth-order valence-electron chi connectivity index (χ4n) is 4.14. The minimum Gasteiger partial charge on any atom is -0.481 e. The average Bonchev–Trinajstić information content (AvgIpc) is 3.60. The summed E-state index contributed by atoms with van der Waals surface area (Å²) in [6.07, 6.45) is 3.64. The molecule has 1 fully saturated rings. The maximum atomic E-state index is 13.2. The maximum absolute atomic E-state index is 13.2. The molecule has 204 valence electrons. The topological polar surface area (TPSA) is 203 Å². The number of carbonyl (C=O) groups is 5. The molecular weight excluding hydrogens is 496 g/mol. The van der Waals surface area contributed by atoms with Gasteiger partial charge < -0.3 is 36.5 Å². The molecule has 2 heterocycles. The van der Waals surface area contributed by atoms with Crippen LogP contribution in [0.1, 0.15) is 36.9 Å². The predicted molar refractivity (Wildman–Crippen MR) is 134 cm³/mol. The molecule has 0 aliphatic carbocycles. The zero-order chi connectivity index (χ0) is 27.5. The van der Waals surface area contributed by atoms with Crippen LogP contribution in [0.25, 0.3) is 0 Å². The third-order valence-electron chi connectivity index (χ3n) is 6.17. The summed E-state index contributed by atoms with van der Waals surface area (Å²) in [6, 6.07) is 4.63. The molecule has 1 aromatic heterocycles. The van der Waals surface area contributed by atoms with Crippen molar-refractivity contribution in [3.63, 3.8) is 0 Å². The van der Waals surface area contributed by atoms with Gasteiger partial charge in [-0.25, -0.2) is 9.78 Å². The first kappa shape index (κ1) is 28.3. The van der Waals surface area contributed by atoms with E-state index in [1.807, 2.05) is 0 Å². The Balaban J connectivity index is 1.76. The van der Waals surface area contributed by atoms with Crippen LogP contribution in [0, 0.1) is 0 Å². The number of carboxylic acid groups (broad SMARTS) is 2. The van der Waals surface area contributed by atoms with Gasteiger partial charge in [-0.3, -0.25) is 19.2 Å². The van der Waals surface area contributed by atoms with E-state index >= 15 is 0 Å². The highest BCUT2D eigenvalue weighted by Gasteiger charge is 2.32. The third-order valence-corrected chi connectivity index (χ3v) is 6.17. The third kappa shape index (κ3) is 8.69. The van der Waals surface area contributed by atoms with E-state index in [0.717, 1.165) is 6.42 Å². The molecule has 38 heavy (non-hydrogen) atoms. The molecule has 7 N–H and O–H groups in total. The summed E-state index contributed by atoms with van der Waals surface area (Å²) in [5, 5.41) is 29.4. The highest BCUT2D eigenvalue weighted by atomic mass is 16.4. The predicted octanol–water partition coefficient (Wildman–Crippen LogP) is -0.649. The molecule has 1 aromatic carbocycles. The molecule has 0 spiro atoms. The van der Waals surface area contributed by atoms with Crippen LogP contribution >= 0.6 is 0 Å². The van der Waals surface area contributed by atoms with Gasteiger partial charge in [0.25, 0.3) is 0 Å². The number of aromatic amines is 1. The van der Waals surface area contributed by atoms with Crippen LogP contribution in [0.15, 0.2) is 42.9 Å². The second-order valence-corrected chi connectivity index (χ2v) is 9.07. The fraction of sp³-hybridized carbons (Fsp3) is 0.440. The summed E-state index contributed by atoms with van der Waals surface area (Å²) < 4.78 is 0. The summed E-state index contributed by atoms with van der Waals surface area (Å²) in [4.78, 5) is 68.7.